The van der Waals surface area contributed by atoms with E-state index in [4.69, 9.17) is 15.2 Å². The SMILES string of the molecule is C[C@@]1(COCc2ccccc2)CO[C@@H](n2cnc3c(=O)[nH]c(N)nc32)C1. The zero-order chi connectivity index (χ0) is 18.1. The van der Waals surface area contributed by atoms with Crippen LogP contribution < -0.4 is 11.3 Å². The molecule has 1 aliphatic rings. The predicted molar refractivity (Wildman–Crippen MR) is 96.4 cm³/mol. The molecule has 3 N–H and O–H groups in total. The molecule has 4 rings (SSSR count). The second-order valence-corrected chi connectivity index (χ2v) is 7.03. The van der Waals surface area contributed by atoms with Gasteiger partial charge >= 0.3 is 0 Å². The normalized spacial score (nSPS) is 22.9. The van der Waals surface area contributed by atoms with E-state index in [0.717, 1.165) is 12.0 Å². The van der Waals surface area contributed by atoms with Crippen LogP contribution in [0.25, 0.3) is 11.2 Å². The number of aromatic amines is 1. The van der Waals surface area contributed by atoms with Gasteiger partial charge in [0.2, 0.25) is 5.95 Å². The van der Waals surface area contributed by atoms with Crippen molar-refractivity contribution in [1.82, 2.24) is 19.5 Å². The van der Waals surface area contributed by atoms with E-state index in [1.54, 1.807) is 10.9 Å². The Labute approximate surface area is 150 Å². The number of nitrogens with one attached hydrogen (secondary N) is 1. The zero-order valence-corrected chi connectivity index (χ0v) is 14.5. The molecule has 1 aliphatic heterocycles. The van der Waals surface area contributed by atoms with Gasteiger partial charge in [0.15, 0.2) is 11.2 Å². The summed E-state index contributed by atoms with van der Waals surface area (Å²) in [6.07, 6.45) is 2.06. The average molecular weight is 355 g/mol. The highest BCUT2D eigenvalue weighted by atomic mass is 16.5. The first kappa shape index (κ1) is 16.7. The van der Waals surface area contributed by atoms with Gasteiger partial charge in [0.25, 0.3) is 5.56 Å². The molecule has 0 amide bonds. The Hall–Kier alpha value is -2.71. The predicted octanol–water partition coefficient (Wildman–Crippen LogP) is 1.84. The summed E-state index contributed by atoms with van der Waals surface area (Å²) in [6.45, 7) is 3.85. The molecule has 136 valence electrons. The Morgan fingerprint density at radius 2 is 2.23 bits per heavy atom. The lowest BCUT2D eigenvalue weighted by molar-refractivity contribution is 0.0232. The number of fused-ring (bicyclic) bond motifs is 1. The van der Waals surface area contributed by atoms with Gasteiger partial charge in [0.05, 0.1) is 26.1 Å². The molecular weight excluding hydrogens is 334 g/mol. The van der Waals surface area contributed by atoms with E-state index >= 15 is 0 Å². The first-order chi connectivity index (χ1) is 12.5. The minimum Gasteiger partial charge on any atom is -0.376 e. The number of imidazole rings is 1. The molecule has 0 radical (unpaired) electrons. The highest BCUT2D eigenvalue weighted by Crippen LogP contribution is 2.39. The molecule has 8 heteroatoms. The third-order valence-electron chi connectivity index (χ3n) is 4.61. The summed E-state index contributed by atoms with van der Waals surface area (Å²) in [7, 11) is 0. The summed E-state index contributed by atoms with van der Waals surface area (Å²) >= 11 is 0. The number of ether oxygens (including phenoxy) is 2. The summed E-state index contributed by atoms with van der Waals surface area (Å²) in [5.74, 6) is 0.0659. The highest BCUT2D eigenvalue weighted by molar-refractivity contribution is 5.70. The van der Waals surface area contributed by atoms with Gasteiger partial charge in [-0.15, -0.1) is 0 Å². The number of H-pyrrole nitrogens is 1. The van der Waals surface area contributed by atoms with E-state index in [2.05, 4.69) is 21.9 Å². The van der Waals surface area contributed by atoms with Crippen LogP contribution in [-0.2, 0) is 16.1 Å². The van der Waals surface area contributed by atoms with Crippen molar-refractivity contribution in [2.24, 2.45) is 5.41 Å². The van der Waals surface area contributed by atoms with Crippen LogP contribution in [-0.4, -0.2) is 32.7 Å². The summed E-state index contributed by atoms with van der Waals surface area (Å²) in [4.78, 5) is 22.7. The van der Waals surface area contributed by atoms with Crippen LogP contribution in [0.3, 0.4) is 0 Å². The molecule has 0 saturated carbocycles. The molecule has 1 aromatic carbocycles. The fraction of sp³-hybridized carbons (Fsp3) is 0.389. The van der Waals surface area contributed by atoms with Crippen molar-refractivity contribution in [3.8, 4) is 0 Å². The molecule has 0 aliphatic carbocycles. The van der Waals surface area contributed by atoms with Crippen molar-refractivity contribution in [2.75, 3.05) is 18.9 Å². The number of rotatable bonds is 5. The largest absolute Gasteiger partial charge is 0.376 e. The maximum absolute atomic E-state index is 11.9. The van der Waals surface area contributed by atoms with Crippen molar-refractivity contribution in [2.45, 2.75) is 26.2 Å². The maximum Gasteiger partial charge on any atom is 0.280 e. The number of nitrogen functional groups attached to an aromatic ring is 1. The summed E-state index contributed by atoms with van der Waals surface area (Å²) in [5.41, 5.74) is 7.03. The molecule has 8 nitrogen and oxygen atoms in total. The Kier molecular flexibility index (Phi) is 4.21. The lowest BCUT2D eigenvalue weighted by Crippen LogP contribution is -2.23. The van der Waals surface area contributed by atoms with Gasteiger partial charge in [0.1, 0.15) is 6.23 Å². The van der Waals surface area contributed by atoms with E-state index in [1.807, 2.05) is 30.3 Å². The summed E-state index contributed by atoms with van der Waals surface area (Å²) < 4.78 is 13.6. The summed E-state index contributed by atoms with van der Waals surface area (Å²) in [6, 6.07) is 10.1. The minimum atomic E-state index is -0.349. The smallest absolute Gasteiger partial charge is 0.280 e. The van der Waals surface area contributed by atoms with E-state index in [9.17, 15) is 4.79 Å². The molecule has 2 aromatic heterocycles. The standard InChI is InChI=1S/C18H21N5O3/c1-18(9-25-8-12-5-3-2-4-6-12)7-13(26-10-18)23-11-20-14-15(23)21-17(19)22-16(14)24/h2-6,11,13H,7-10H2,1H3,(H3,19,21,22,24)/t13-,18-/m1/s1. The van der Waals surface area contributed by atoms with Gasteiger partial charge in [-0.1, -0.05) is 37.3 Å². The van der Waals surface area contributed by atoms with Crippen molar-refractivity contribution < 1.29 is 9.47 Å². The second kappa shape index (κ2) is 6.54. The van der Waals surface area contributed by atoms with Gasteiger partial charge in [-0.05, 0) is 5.56 Å². The lowest BCUT2D eigenvalue weighted by atomic mass is 9.90. The fourth-order valence-electron chi connectivity index (χ4n) is 3.26. The lowest BCUT2D eigenvalue weighted by Gasteiger charge is -2.21. The van der Waals surface area contributed by atoms with Gasteiger partial charge in [-0.3, -0.25) is 14.3 Å². The van der Waals surface area contributed by atoms with Gasteiger partial charge in [-0.25, -0.2) is 4.98 Å². The number of nitrogens with zero attached hydrogens (tertiary/aromatic N) is 3. The Morgan fingerprint density at radius 1 is 1.42 bits per heavy atom. The van der Waals surface area contributed by atoms with Crippen LogP contribution in [0.4, 0.5) is 5.95 Å². The van der Waals surface area contributed by atoms with Crippen LogP contribution >= 0.6 is 0 Å². The third kappa shape index (κ3) is 3.21. The van der Waals surface area contributed by atoms with E-state index in [-0.39, 0.29) is 28.7 Å². The minimum absolute atomic E-state index is 0.0659. The molecule has 2 atom stereocenters. The Bertz CT molecular complexity index is 968. The molecule has 0 unspecified atom stereocenters. The molecule has 1 saturated heterocycles. The van der Waals surface area contributed by atoms with Crippen molar-refractivity contribution in [1.29, 1.82) is 0 Å². The monoisotopic (exact) mass is 355 g/mol. The van der Waals surface area contributed by atoms with Crippen LogP contribution in [0.1, 0.15) is 25.1 Å². The topological polar surface area (TPSA) is 108 Å². The third-order valence-corrected chi connectivity index (χ3v) is 4.61. The van der Waals surface area contributed by atoms with Crippen molar-refractivity contribution in [3.63, 3.8) is 0 Å². The quantitative estimate of drug-likeness (QED) is 0.723. The fourth-order valence-corrected chi connectivity index (χ4v) is 3.26. The highest BCUT2D eigenvalue weighted by Gasteiger charge is 2.38. The molecule has 26 heavy (non-hydrogen) atoms. The van der Waals surface area contributed by atoms with Crippen LogP contribution in [0.2, 0.25) is 0 Å². The van der Waals surface area contributed by atoms with E-state index in [0.29, 0.717) is 25.5 Å². The molecule has 0 spiro atoms. The zero-order valence-electron chi connectivity index (χ0n) is 14.5. The first-order valence-electron chi connectivity index (χ1n) is 8.50. The van der Waals surface area contributed by atoms with Crippen LogP contribution in [0.5, 0.6) is 0 Å². The number of nitrogens with two attached hydrogens (primary N) is 1. The number of hydrogen-bond donors (Lipinski definition) is 2. The second-order valence-electron chi connectivity index (χ2n) is 7.03. The molecule has 1 fully saturated rings. The van der Waals surface area contributed by atoms with Gasteiger partial charge in [0, 0.05) is 11.8 Å². The first-order valence-corrected chi connectivity index (χ1v) is 8.50. The molecule has 0 bridgehead atoms. The Morgan fingerprint density at radius 3 is 3.04 bits per heavy atom. The number of aromatic nitrogens is 4. The van der Waals surface area contributed by atoms with Crippen LogP contribution in [0, 0.1) is 5.41 Å². The molecule has 3 aromatic rings. The molecule has 3 heterocycles. The van der Waals surface area contributed by atoms with Crippen LogP contribution in [0.15, 0.2) is 41.5 Å². The van der Waals surface area contributed by atoms with Gasteiger partial charge in [-0.2, -0.15) is 4.98 Å². The number of benzene rings is 1. The Balaban J connectivity index is 1.45. The van der Waals surface area contributed by atoms with Gasteiger partial charge < -0.3 is 15.2 Å². The number of anilines is 1. The van der Waals surface area contributed by atoms with Crippen molar-refractivity contribution in [3.05, 3.63) is 52.6 Å². The summed E-state index contributed by atoms with van der Waals surface area (Å²) in [5, 5.41) is 0. The van der Waals surface area contributed by atoms with Crippen molar-refractivity contribution >= 4 is 17.1 Å². The van der Waals surface area contributed by atoms with E-state index < -0.39 is 0 Å². The molecular formula is C18H21N5O3. The number of hydrogen-bond acceptors (Lipinski definition) is 6. The average Bonchev–Trinajstić information content (AvgIpc) is 3.20. The van der Waals surface area contributed by atoms with E-state index in [1.165, 1.54) is 0 Å². The maximum atomic E-state index is 11.9.